The summed E-state index contributed by atoms with van der Waals surface area (Å²) in [6, 6.07) is 4.11. The van der Waals surface area contributed by atoms with Gasteiger partial charge in [0.15, 0.2) is 0 Å². The predicted molar refractivity (Wildman–Crippen MR) is 72.8 cm³/mol. The molecule has 0 spiro atoms. The van der Waals surface area contributed by atoms with Gasteiger partial charge in [-0.15, -0.1) is 6.58 Å². The summed E-state index contributed by atoms with van der Waals surface area (Å²) in [7, 11) is -3.69. The first-order valence-corrected chi connectivity index (χ1v) is 7.23. The Morgan fingerprint density at radius 1 is 1.47 bits per heavy atom. The zero-order chi connectivity index (χ0) is 14.6. The van der Waals surface area contributed by atoms with E-state index in [0.29, 0.717) is 12.1 Å². The van der Waals surface area contributed by atoms with E-state index in [2.05, 4.69) is 6.58 Å². The summed E-state index contributed by atoms with van der Waals surface area (Å²) >= 11 is 0. The highest BCUT2D eigenvalue weighted by molar-refractivity contribution is 7.89. The molecule has 6 heteroatoms. The minimum atomic E-state index is -3.69. The molecule has 5 nitrogen and oxygen atoms in total. The van der Waals surface area contributed by atoms with Gasteiger partial charge < -0.3 is 5.11 Å². The van der Waals surface area contributed by atoms with Crippen LogP contribution < -0.4 is 0 Å². The fraction of sp³-hybridized carbons (Fsp3) is 0.308. The number of carbonyl (C=O) groups is 1. The molecule has 0 radical (unpaired) electrons. The molecule has 0 aliphatic rings. The third-order valence-electron chi connectivity index (χ3n) is 2.76. The highest BCUT2D eigenvalue weighted by Crippen LogP contribution is 2.19. The average molecular weight is 283 g/mol. The van der Waals surface area contributed by atoms with Crippen LogP contribution in [0.2, 0.25) is 0 Å². The lowest BCUT2D eigenvalue weighted by atomic mass is 10.1. The van der Waals surface area contributed by atoms with Crippen LogP contribution in [0, 0.1) is 6.92 Å². The average Bonchev–Trinajstić information content (AvgIpc) is 2.35. The highest BCUT2D eigenvalue weighted by atomic mass is 32.2. The smallest absolute Gasteiger partial charge is 0.335 e. The van der Waals surface area contributed by atoms with E-state index in [0.717, 1.165) is 0 Å². The number of carboxylic acids is 1. The zero-order valence-electron chi connectivity index (χ0n) is 11.0. The lowest BCUT2D eigenvalue weighted by molar-refractivity contribution is 0.0696. The molecule has 104 valence electrons. The maximum Gasteiger partial charge on any atom is 0.335 e. The van der Waals surface area contributed by atoms with Crippen molar-refractivity contribution in [2.45, 2.75) is 18.7 Å². The monoisotopic (exact) mass is 283 g/mol. The van der Waals surface area contributed by atoms with Gasteiger partial charge in [-0.2, -0.15) is 4.31 Å². The molecule has 0 unspecified atom stereocenters. The van der Waals surface area contributed by atoms with Crippen LogP contribution >= 0.6 is 0 Å². The van der Waals surface area contributed by atoms with Gasteiger partial charge in [-0.05, 0) is 24.6 Å². The first-order valence-electron chi connectivity index (χ1n) is 5.79. The maximum atomic E-state index is 12.3. The number of rotatable bonds is 6. The van der Waals surface area contributed by atoms with E-state index in [-0.39, 0.29) is 17.0 Å². The van der Waals surface area contributed by atoms with Crippen LogP contribution in [0.25, 0.3) is 0 Å². The summed E-state index contributed by atoms with van der Waals surface area (Å²) < 4.78 is 25.9. The van der Waals surface area contributed by atoms with Gasteiger partial charge in [-0.3, -0.25) is 0 Å². The molecular formula is C13H17NO4S. The molecule has 1 N–H and O–H groups in total. The highest BCUT2D eigenvalue weighted by Gasteiger charge is 2.23. The van der Waals surface area contributed by atoms with Gasteiger partial charge in [0.2, 0.25) is 10.0 Å². The van der Waals surface area contributed by atoms with Crippen molar-refractivity contribution >= 4 is 16.0 Å². The largest absolute Gasteiger partial charge is 0.478 e. The number of nitrogens with zero attached hydrogens (tertiary/aromatic N) is 1. The molecule has 0 saturated heterocycles. The summed E-state index contributed by atoms with van der Waals surface area (Å²) in [5, 5.41) is 9.03. The molecular weight excluding hydrogens is 266 g/mol. The van der Waals surface area contributed by atoms with Crippen LogP contribution in [0.5, 0.6) is 0 Å². The molecule has 0 atom stereocenters. The summed E-state index contributed by atoms with van der Waals surface area (Å²) in [4.78, 5) is 11.0. The summed E-state index contributed by atoms with van der Waals surface area (Å²) in [5.74, 6) is -1.14. The molecule has 19 heavy (non-hydrogen) atoms. The molecule has 1 rings (SSSR count). The topological polar surface area (TPSA) is 74.7 Å². The minimum Gasteiger partial charge on any atom is -0.478 e. The number of benzene rings is 1. The number of aromatic carboxylic acids is 1. The zero-order valence-corrected chi connectivity index (χ0v) is 11.8. The number of hydrogen-bond acceptors (Lipinski definition) is 3. The van der Waals surface area contributed by atoms with Crippen molar-refractivity contribution in [3.63, 3.8) is 0 Å². The molecule has 0 aliphatic carbocycles. The lowest BCUT2D eigenvalue weighted by Gasteiger charge is -2.19. The van der Waals surface area contributed by atoms with Gasteiger partial charge in [-0.1, -0.05) is 19.1 Å². The lowest BCUT2D eigenvalue weighted by Crippen LogP contribution is -2.31. The Balaban J connectivity index is 3.32. The molecule has 0 fully saturated rings. The predicted octanol–water partition coefficient (Wildman–Crippen LogP) is 1.89. The fourth-order valence-corrected chi connectivity index (χ4v) is 3.13. The second-order valence-corrected chi connectivity index (χ2v) is 5.96. The van der Waals surface area contributed by atoms with E-state index in [9.17, 15) is 13.2 Å². The van der Waals surface area contributed by atoms with Gasteiger partial charge in [0.1, 0.15) is 0 Å². The van der Waals surface area contributed by atoms with Crippen molar-refractivity contribution in [1.29, 1.82) is 0 Å². The number of likely N-dealkylation sites (N-methyl/N-ethyl adjacent to an activating group) is 1. The van der Waals surface area contributed by atoms with Gasteiger partial charge in [0, 0.05) is 13.1 Å². The fourth-order valence-electron chi connectivity index (χ4n) is 1.68. The van der Waals surface area contributed by atoms with Crippen molar-refractivity contribution in [1.82, 2.24) is 4.31 Å². The SMILES string of the molecule is C=CCN(CC)S(=O)(=O)c1ccc(C)c(C(=O)O)c1. The van der Waals surface area contributed by atoms with Crippen molar-refractivity contribution in [3.05, 3.63) is 42.0 Å². The molecule has 0 bridgehead atoms. The van der Waals surface area contributed by atoms with Gasteiger partial charge in [-0.25, -0.2) is 13.2 Å². The van der Waals surface area contributed by atoms with Crippen molar-refractivity contribution in [2.24, 2.45) is 0 Å². The normalized spacial score (nSPS) is 11.5. The standard InChI is InChI=1S/C13H17NO4S/c1-4-8-14(5-2)19(17,18)11-7-6-10(3)12(9-11)13(15)16/h4,6-7,9H,1,5,8H2,2-3H3,(H,15,16). The van der Waals surface area contributed by atoms with E-state index in [4.69, 9.17) is 5.11 Å². The summed E-state index contributed by atoms with van der Waals surface area (Å²) in [5.41, 5.74) is 0.522. The first-order chi connectivity index (χ1) is 8.84. The van der Waals surface area contributed by atoms with Crippen LogP contribution in [0.4, 0.5) is 0 Å². The second-order valence-electron chi connectivity index (χ2n) is 4.03. The maximum absolute atomic E-state index is 12.3. The molecule has 0 heterocycles. The Morgan fingerprint density at radius 3 is 2.58 bits per heavy atom. The first kappa shape index (κ1) is 15.4. The Hall–Kier alpha value is -1.66. The van der Waals surface area contributed by atoms with Gasteiger partial charge in [0.05, 0.1) is 10.5 Å². The third kappa shape index (κ3) is 3.21. The van der Waals surface area contributed by atoms with Crippen LogP contribution in [0.1, 0.15) is 22.8 Å². The molecule has 1 aromatic rings. The van der Waals surface area contributed by atoms with Crippen LogP contribution in [0.15, 0.2) is 35.7 Å². The van der Waals surface area contributed by atoms with E-state index >= 15 is 0 Å². The number of sulfonamides is 1. The third-order valence-corrected chi connectivity index (χ3v) is 4.70. The number of aryl methyl sites for hydroxylation is 1. The summed E-state index contributed by atoms with van der Waals surface area (Å²) in [6.45, 7) is 7.34. The Bertz CT molecular complexity index is 593. The molecule has 0 aliphatic heterocycles. The second kappa shape index (κ2) is 5.99. The molecule has 0 saturated carbocycles. The van der Waals surface area contributed by atoms with E-state index in [1.165, 1.54) is 28.6 Å². The molecule has 0 amide bonds. The van der Waals surface area contributed by atoms with Crippen molar-refractivity contribution in [2.75, 3.05) is 13.1 Å². The Morgan fingerprint density at radius 2 is 2.11 bits per heavy atom. The Labute approximate surface area is 113 Å². The van der Waals surface area contributed by atoms with Crippen LogP contribution in [-0.2, 0) is 10.0 Å². The quantitative estimate of drug-likeness (QED) is 0.809. The van der Waals surface area contributed by atoms with Crippen LogP contribution in [-0.4, -0.2) is 36.9 Å². The molecule has 0 aromatic heterocycles. The van der Waals surface area contributed by atoms with Gasteiger partial charge in [0.25, 0.3) is 0 Å². The van der Waals surface area contributed by atoms with E-state index in [1.54, 1.807) is 13.8 Å². The van der Waals surface area contributed by atoms with Crippen LogP contribution in [0.3, 0.4) is 0 Å². The van der Waals surface area contributed by atoms with Crippen molar-refractivity contribution in [3.8, 4) is 0 Å². The Kier molecular flexibility index (Phi) is 4.85. The summed E-state index contributed by atoms with van der Waals surface area (Å²) in [6.07, 6.45) is 1.49. The van der Waals surface area contributed by atoms with Crippen molar-refractivity contribution < 1.29 is 18.3 Å². The van der Waals surface area contributed by atoms with Gasteiger partial charge >= 0.3 is 5.97 Å². The van der Waals surface area contributed by atoms with E-state index < -0.39 is 16.0 Å². The number of carboxylic acid groups (broad SMARTS) is 1. The molecule has 1 aromatic carbocycles. The van der Waals surface area contributed by atoms with E-state index in [1.807, 2.05) is 0 Å². The minimum absolute atomic E-state index is 0.00395. The number of hydrogen-bond donors (Lipinski definition) is 1.